The number of carboxylic acid groups (broad SMARTS) is 1. The van der Waals surface area contributed by atoms with E-state index in [9.17, 15) is 9.59 Å². The van der Waals surface area contributed by atoms with E-state index in [0.717, 1.165) is 17.3 Å². The number of ether oxygens (including phenoxy) is 2. The molecule has 1 heterocycles. The number of carbonyl (C=O) groups excluding carboxylic acids is 1. The quantitative estimate of drug-likeness (QED) is 0.389. The Morgan fingerprint density at radius 1 is 1.34 bits per heavy atom. The van der Waals surface area contributed by atoms with Crippen LogP contribution in [0.25, 0.3) is 6.08 Å². The molecule has 7 nitrogen and oxygen atoms in total. The zero-order chi connectivity index (χ0) is 23.3. The normalized spacial score (nSPS) is 14.5. The minimum absolute atomic E-state index is 0.0342. The van der Waals surface area contributed by atoms with Gasteiger partial charge >= 0.3 is 5.97 Å². The number of rotatable bonds is 8. The molecule has 0 bridgehead atoms. The summed E-state index contributed by atoms with van der Waals surface area (Å²) >= 11 is 9.84. The van der Waals surface area contributed by atoms with Gasteiger partial charge in [-0.15, -0.1) is 0 Å². The molecule has 0 aromatic heterocycles. The molecule has 0 aliphatic carbocycles. The number of carboxylic acids is 1. The fraction of sp³-hybridized carbons (Fsp3) is 0.182. The molecule has 10 heteroatoms. The molecule has 0 unspecified atom stereocenters. The van der Waals surface area contributed by atoms with Crippen molar-refractivity contribution in [3.8, 4) is 17.6 Å². The average molecular weight is 533 g/mol. The Labute approximate surface area is 202 Å². The minimum Gasteiger partial charge on any atom is -0.493 e. The van der Waals surface area contributed by atoms with E-state index in [1.165, 1.54) is 12.0 Å². The molecule has 1 amide bonds. The number of thiocarbonyl (C=S) groups is 1. The van der Waals surface area contributed by atoms with Crippen molar-refractivity contribution in [3.63, 3.8) is 0 Å². The molecule has 32 heavy (non-hydrogen) atoms. The Morgan fingerprint density at radius 2 is 2.06 bits per heavy atom. The molecule has 1 aliphatic rings. The maximum Gasteiger partial charge on any atom is 0.305 e. The van der Waals surface area contributed by atoms with Gasteiger partial charge in [0.2, 0.25) is 0 Å². The number of nitriles is 1. The fourth-order valence-corrected chi connectivity index (χ4v) is 4.73. The lowest BCUT2D eigenvalue weighted by Gasteiger charge is -2.14. The molecule has 1 fully saturated rings. The van der Waals surface area contributed by atoms with Crippen LogP contribution in [-0.4, -0.2) is 39.9 Å². The van der Waals surface area contributed by atoms with Crippen LogP contribution in [0.2, 0.25) is 0 Å². The first-order valence-corrected chi connectivity index (χ1v) is 11.3. The van der Waals surface area contributed by atoms with Gasteiger partial charge in [0, 0.05) is 6.54 Å². The topological polar surface area (TPSA) is 99.9 Å². The molecule has 3 rings (SSSR count). The van der Waals surface area contributed by atoms with Crippen LogP contribution in [0.4, 0.5) is 0 Å². The molecule has 1 aliphatic heterocycles. The second-order valence-electron chi connectivity index (χ2n) is 6.61. The Hall–Kier alpha value is -2.87. The minimum atomic E-state index is -0.992. The standard InChI is InChI=1S/C22H17BrN2O5S2/c1-29-17-9-15(10-18-21(28)25(22(31)32-18)7-6-19(26)27)8-16(23)20(17)30-12-14-4-2-13(11-24)3-5-14/h2-5,8-10H,6-7,12H2,1H3,(H,26,27)/b18-10+. The Morgan fingerprint density at radius 3 is 2.69 bits per heavy atom. The van der Waals surface area contributed by atoms with E-state index in [-0.39, 0.29) is 25.5 Å². The van der Waals surface area contributed by atoms with E-state index in [0.29, 0.717) is 36.3 Å². The highest BCUT2D eigenvalue weighted by atomic mass is 79.9. The van der Waals surface area contributed by atoms with Gasteiger partial charge in [0.15, 0.2) is 11.5 Å². The molecule has 2 aromatic carbocycles. The van der Waals surface area contributed by atoms with Crippen molar-refractivity contribution in [1.29, 1.82) is 5.26 Å². The smallest absolute Gasteiger partial charge is 0.305 e. The van der Waals surface area contributed by atoms with Crippen LogP contribution in [0.3, 0.4) is 0 Å². The first kappa shape index (κ1) is 23.8. The maximum absolute atomic E-state index is 12.6. The zero-order valence-corrected chi connectivity index (χ0v) is 20.1. The van der Waals surface area contributed by atoms with Gasteiger partial charge in [-0.1, -0.05) is 36.1 Å². The van der Waals surface area contributed by atoms with E-state index < -0.39 is 5.97 Å². The van der Waals surface area contributed by atoms with Gasteiger partial charge in [-0.05, 0) is 57.4 Å². The zero-order valence-electron chi connectivity index (χ0n) is 16.8. The van der Waals surface area contributed by atoms with Gasteiger partial charge < -0.3 is 14.6 Å². The number of nitrogens with zero attached hydrogens (tertiary/aromatic N) is 2. The third-order valence-electron chi connectivity index (χ3n) is 4.44. The molecule has 1 N–H and O–H groups in total. The molecule has 164 valence electrons. The van der Waals surface area contributed by atoms with Gasteiger partial charge in [-0.25, -0.2) is 0 Å². The third kappa shape index (κ3) is 5.68. The summed E-state index contributed by atoms with van der Waals surface area (Å²) in [6.07, 6.45) is 1.50. The largest absolute Gasteiger partial charge is 0.493 e. The molecule has 2 aromatic rings. The van der Waals surface area contributed by atoms with Crippen LogP contribution in [-0.2, 0) is 16.2 Å². The van der Waals surface area contributed by atoms with Crippen LogP contribution in [0.1, 0.15) is 23.1 Å². The summed E-state index contributed by atoms with van der Waals surface area (Å²) in [6.45, 7) is 0.314. The van der Waals surface area contributed by atoms with Crippen molar-refractivity contribution in [2.75, 3.05) is 13.7 Å². The summed E-state index contributed by atoms with van der Waals surface area (Å²) in [5.74, 6) is -0.339. The van der Waals surface area contributed by atoms with Crippen LogP contribution in [0, 0.1) is 11.3 Å². The van der Waals surface area contributed by atoms with E-state index >= 15 is 0 Å². The number of carbonyl (C=O) groups is 2. The van der Waals surface area contributed by atoms with Crippen molar-refractivity contribution in [1.82, 2.24) is 4.90 Å². The second-order valence-corrected chi connectivity index (χ2v) is 9.14. The van der Waals surface area contributed by atoms with Gasteiger partial charge in [0.1, 0.15) is 10.9 Å². The Bertz CT molecular complexity index is 1140. The number of aliphatic carboxylic acids is 1. The van der Waals surface area contributed by atoms with Crippen LogP contribution < -0.4 is 9.47 Å². The average Bonchev–Trinajstić information content (AvgIpc) is 3.03. The van der Waals surface area contributed by atoms with Crippen molar-refractivity contribution in [3.05, 3.63) is 62.5 Å². The SMILES string of the molecule is COc1cc(/C=C2/SC(=S)N(CCC(=O)O)C2=O)cc(Br)c1OCc1ccc(C#N)cc1. The summed E-state index contributed by atoms with van der Waals surface area (Å²) in [7, 11) is 1.52. The number of thioether (sulfide) groups is 1. The number of methoxy groups -OCH3 is 1. The molecule has 0 spiro atoms. The van der Waals surface area contributed by atoms with Gasteiger partial charge in [-0.2, -0.15) is 5.26 Å². The van der Waals surface area contributed by atoms with Gasteiger partial charge in [0.05, 0.1) is 34.5 Å². The Kier molecular flexibility index (Phi) is 7.90. The molecule has 0 saturated carbocycles. The summed E-state index contributed by atoms with van der Waals surface area (Å²) in [5.41, 5.74) is 2.16. The van der Waals surface area contributed by atoms with Crippen molar-refractivity contribution in [2.45, 2.75) is 13.0 Å². The number of benzene rings is 2. The van der Waals surface area contributed by atoms with E-state index in [1.807, 2.05) is 12.1 Å². The van der Waals surface area contributed by atoms with Crippen molar-refractivity contribution >= 4 is 62.2 Å². The Balaban J connectivity index is 1.78. The highest BCUT2D eigenvalue weighted by Gasteiger charge is 2.32. The number of hydrogen-bond donors (Lipinski definition) is 1. The van der Waals surface area contributed by atoms with E-state index in [2.05, 4.69) is 22.0 Å². The predicted molar refractivity (Wildman–Crippen MR) is 128 cm³/mol. The lowest BCUT2D eigenvalue weighted by atomic mass is 10.1. The third-order valence-corrected chi connectivity index (χ3v) is 6.41. The van der Waals surface area contributed by atoms with Crippen LogP contribution in [0.5, 0.6) is 11.5 Å². The fourth-order valence-electron chi connectivity index (χ4n) is 2.85. The lowest BCUT2D eigenvalue weighted by Crippen LogP contribution is -2.30. The summed E-state index contributed by atoms with van der Waals surface area (Å²) in [5, 5.41) is 17.8. The highest BCUT2D eigenvalue weighted by molar-refractivity contribution is 9.10. The number of amides is 1. The highest BCUT2D eigenvalue weighted by Crippen LogP contribution is 2.39. The molecular weight excluding hydrogens is 516 g/mol. The summed E-state index contributed by atoms with van der Waals surface area (Å²) in [4.78, 5) is 25.1. The molecule has 1 saturated heterocycles. The van der Waals surface area contributed by atoms with Gasteiger partial charge in [-0.3, -0.25) is 14.5 Å². The first-order valence-electron chi connectivity index (χ1n) is 9.29. The van der Waals surface area contributed by atoms with Crippen LogP contribution in [0.15, 0.2) is 45.8 Å². The van der Waals surface area contributed by atoms with Crippen molar-refractivity contribution in [2.24, 2.45) is 0 Å². The molecule has 0 atom stereocenters. The van der Waals surface area contributed by atoms with Crippen molar-refractivity contribution < 1.29 is 24.2 Å². The van der Waals surface area contributed by atoms with E-state index in [4.69, 9.17) is 32.1 Å². The molecular formula is C22H17BrN2O5S2. The summed E-state index contributed by atoms with van der Waals surface area (Å²) in [6, 6.07) is 12.7. The summed E-state index contributed by atoms with van der Waals surface area (Å²) < 4.78 is 12.4. The monoisotopic (exact) mass is 532 g/mol. The maximum atomic E-state index is 12.6. The molecule has 0 radical (unpaired) electrons. The van der Waals surface area contributed by atoms with Gasteiger partial charge in [0.25, 0.3) is 5.91 Å². The van der Waals surface area contributed by atoms with Crippen LogP contribution >= 0.6 is 39.9 Å². The second kappa shape index (κ2) is 10.6. The number of hydrogen-bond acceptors (Lipinski definition) is 7. The number of halogens is 1. The first-order chi connectivity index (χ1) is 15.3. The van der Waals surface area contributed by atoms with E-state index in [1.54, 1.807) is 30.3 Å². The predicted octanol–water partition coefficient (Wildman–Crippen LogP) is 4.58. The lowest BCUT2D eigenvalue weighted by molar-refractivity contribution is -0.137.